The second kappa shape index (κ2) is 6.27. The van der Waals surface area contributed by atoms with Crippen LogP contribution in [0, 0.1) is 18.8 Å². The van der Waals surface area contributed by atoms with Crippen molar-refractivity contribution in [3.05, 3.63) is 35.4 Å². The predicted octanol–water partition coefficient (Wildman–Crippen LogP) is 3.06. The fourth-order valence-electron chi connectivity index (χ4n) is 1.66. The number of benzene rings is 1. The highest BCUT2D eigenvalue weighted by atomic mass is 14.9. The zero-order chi connectivity index (χ0) is 11.1. The minimum absolute atomic E-state index is 0.407. The molecule has 1 N–H and O–H groups in total. The van der Waals surface area contributed by atoms with Gasteiger partial charge in [0.2, 0.25) is 0 Å². The zero-order valence-electron chi connectivity index (χ0n) is 9.80. The summed E-state index contributed by atoms with van der Waals surface area (Å²) in [5.74, 6) is 5.96. The van der Waals surface area contributed by atoms with E-state index in [-0.39, 0.29) is 0 Å². The highest BCUT2D eigenvalue weighted by molar-refractivity contribution is 5.28. The van der Waals surface area contributed by atoms with Gasteiger partial charge in [0.25, 0.3) is 0 Å². The molecule has 1 unspecified atom stereocenters. The first-order valence-electron chi connectivity index (χ1n) is 5.44. The largest absolute Gasteiger partial charge is 0.309 e. The molecule has 1 aromatic rings. The van der Waals surface area contributed by atoms with Crippen LogP contribution in [0.4, 0.5) is 0 Å². The van der Waals surface area contributed by atoms with Gasteiger partial charge < -0.3 is 5.32 Å². The molecule has 0 radical (unpaired) electrons. The van der Waals surface area contributed by atoms with E-state index in [2.05, 4.69) is 55.3 Å². The van der Waals surface area contributed by atoms with Gasteiger partial charge in [0.05, 0.1) is 0 Å². The van der Waals surface area contributed by atoms with E-state index in [0.29, 0.717) is 6.04 Å². The lowest BCUT2D eigenvalue weighted by molar-refractivity contribution is 0.581. The average molecular weight is 201 g/mol. The number of hydrogen-bond acceptors (Lipinski definition) is 1. The quantitative estimate of drug-likeness (QED) is 0.583. The lowest BCUT2D eigenvalue weighted by Crippen LogP contribution is -2.20. The summed E-state index contributed by atoms with van der Waals surface area (Å²) in [6.45, 7) is 7.18. The summed E-state index contributed by atoms with van der Waals surface area (Å²) in [5, 5.41) is 3.47. The molecule has 1 nitrogen and oxygen atoms in total. The van der Waals surface area contributed by atoms with Crippen molar-refractivity contribution in [3.63, 3.8) is 0 Å². The molecule has 0 aromatic heterocycles. The fourth-order valence-corrected chi connectivity index (χ4v) is 1.66. The monoisotopic (exact) mass is 201 g/mol. The summed E-state index contributed by atoms with van der Waals surface area (Å²) in [7, 11) is 0. The Balaban J connectivity index is 2.49. The Morgan fingerprint density at radius 3 is 2.73 bits per heavy atom. The molecule has 0 fully saturated rings. The molecular weight excluding hydrogens is 182 g/mol. The molecule has 1 rings (SSSR count). The van der Waals surface area contributed by atoms with Crippen molar-refractivity contribution in [1.29, 1.82) is 0 Å². The molecule has 0 bridgehead atoms. The van der Waals surface area contributed by atoms with Crippen LogP contribution in [0.5, 0.6) is 0 Å². The lowest BCUT2D eigenvalue weighted by Gasteiger charge is -2.15. The van der Waals surface area contributed by atoms with Crippen LogP contribution in [0.15, 0.2) is 24.3 Å². The zero-order valence-corrected chi connectivity index (χ0v) is 9.80. The summed E-state index contributed by atoms with van der Waals surface area (Å²) in [6.07, 6.45) is 0.923. The minimum atomic E-state index is 0.407. The molecule has 0 aliphatic heterocycles. The molecule has 0 saturated carbocycles. The van der Waals surface area contributed by atoms with Gasteiger partial charge in [0, 0.05) is 19.0 Å². The fraction of sp³-hybridized carbons (Fsp3) is 0.429. The summed E-state index contributed by atoms with van der Waals surface area (Å²) in [5.41, 5.74) is 2.72. The molecule has 0 spiro atoms. The van der Waals surface area contributed by atoms with Gasteiger partial charge >= 0.3 is 0 Å². The van der Waals surface area contributed by atoms with Crippen molar-refractivity contribution >= 4 is 0 Å². The van der Waals surface area contributed by atoms with Crippen LogP contribution in [0.2, 0.25) is 0 Å². The third-order valence-electron chi connectivity index (χ3n) is 2.53. The van der Waals surface area contributed by atoms with Crippen LogP contribution in [0.1, 0.15) is 37.4 Å². The smallest absolute Gasteiger partial charge is 0.0294 e. The van der Waals surface area contributed by atoms with Crippen LogP contribution in [-0.4, -0.2) is 6.54 Å². The maximum absolute atomic E-state index is 3.47. The van der Waals surface area contributed by atoms with E-state index < -0.39 is 0 Å². The van der Waals surface area contributed by atoms with Gasteiger partial charge in [-0.2, -0.15) is 0 Å². The molecule has 80 valence electrons. The molecule has 1 heteroatoms. The van der Waals surface area contributed by atoms with Crippen LogP contribution in [0.3, 0.4) is 0 Å². The van der Waals surface area contributed by atoms with Crippen molar-refractivity contribution in [1.82, 2.24) is 5.32 Å². The van der Waals surface area contributed by atoms with Gasteiger partial charge in [-0.05, 0) is 31.9 Å². The van der Waals surface area contributed by atoms with Gasteiger partial charge in [-0.1, -0.05) is 24.3 Å². The summed E-state index contributed by atoms with van der Waals surface area (Å²) in [6, 6.07) is 8.91. The van der Waals surface area contributed by atoms with Gasteiger partial charge in [-0.3, -0.25) is 0 Å². The number of hydrogen-bond donors (Lipinski definition) is 1. The van der Waals surface area contributed by atoms with Crippen LogP contribution in [-0.2, 0) is 0 Å². The van der Waals surface area contributed by atoms with E-state index in [1.165, 1.54) is 11.1 Å². The van der Waals surface area contributed by atoms with Crippen LogP contribution >= 0.6 is 0 Å². The van der Waals surface area contributed by atoms with Gasteiger partial charge in [-0.15, -0.1) is 11.8 Å². The second-order valence-electron chi connectivity index (χ2n) is 3.71. The Hall–Kier alpha value is -1.26. The topological polar surface area (TPSA) is 12.0 Å². The molecule has 0 aliphatic carbocycles. The third kappa shape index (κ3) is 3.77. The van der Waals surface area contributed by atoms with E-state index in [1.807, 2.05) is 6.92 Å². The molecule has 1 atom stereocenters. The molecule has 0 saturated heterocycles. The average Bonchev–Trinajstić information content (AvgIpc) is 2.25. The Bertz CT molecular complexity index is 357. The highest BCUT2D eigenvalue weighted by Crippen LogP contribution is 2.16. The molecule has 0 aliphatic rings. The third-order valence-corrected chi connectivity index (χ3v) is 2.53. The van der Waals surface area contributed by atoms with E-state index in [0.717, 1.165) is 13.0 Å². The minimum Gasteiger partial charge on any atom is -0.309 e. The summed E-state index contributed by atoms with van der Waals surface area (Å²) in [4.78, 5) is 0. The van der Waals surface area contributed by atoms with E-state index >= 15 is 0 Å². The second-order valence-corrected chi connectivity index (χ2v) is 3.71. The molecule has 0 heterocycles. The van der Waals surface area contributed by atoms with Gasteiger partial charge in [0.15, 0.2) is 0 Å². The Labute approximate surface area is 92.9 Å². The van der Waals surface area contributed by atoms with Crippen molar-refractivity contribution in [2.75, 3.05) is 6.54 Å². The van der Waals surface area contributed by atoms with Crippen molar-refractivity contribution < 1.29 is 0 Å². The first-order valence-corrected chi connectivity index (χ1v) is 5.44. The van der Waals surface area contributed by atoms with Crippen molar-refractivity contribution in [2.45, 2.75) is 33.2 Å². The molecule has 15 heavy (non-hydrogen) atoms. The number of aryl methyl sites for hydroxylation is 1. The predicted molar refractivity (Wildman–Crippen MR) is 65.7 cm³/mol. The van der Waals surface area contributed by atoms with Crippen LogP contribution in [0.25, 0.3) is 0 Å². The number of nitrogens with one attached hydrogen (secondary N) is 1. The SMILES string of the molecule is CC#CCCNC(C)c1ccccc1C. The first-order chi connectivity index (χ1) is 7.25. The summed E-state index contributed by atoms with van der Waals surface area (Å²) < 4.78 is 0. The van der Waals surface area contributed by atoms with Gasteiger partial charge in [-0.25, -0.2) is 0 Å². The highest BCUT2D eigenvalue weighted by Gasteiger charge is 2.05. The molecule has 0 amide bonds. The normalized spacial score (nSPS) is 11.7. The Kier molecular flexibility index (Phi) is 4.93. The lowest BCUT2D eigenvalue weighted by atomic mass is 10.0. The van der Waals surface area contributed by atoms with E-state index in [9.17, 15) is 0 Å². The Morgan fingerprint density at radius 2 is 2.07 bits per heavy atom. The summed E-state index contributed by atoms with van der Waals surface area (Å²) >= 11 is 0. The molecule has 1 aromatic carbocycles. The van der Waals surface area contributed by atoms with Gasteiger partial charge in [0.1, 0.15) is 0 Å². The molecular formula is C14H19N. The van der Waals surface area contributed by atoms with Crippen molar-refractivity contribution in [3.8, 4) is 11.8 Å². The number of rotatable bonds is 4. The maximum Gasteiger partial charge on any atom is 0.0294 e. The van der Waals surface area contributed by atoms with E-state index in [1.54, 1.807) is 0 Å². The Morgan fingerprint density at radius 1 is 1.33 bits per heavy atom. The maximum atomic E-state index is 3.47. The van der Waals surface area contributed by atoms with Crippen LogP contribution < -0.4 is 5.32 Å². The standard InChI is InChI=1S/C14H19N/c1-4-5-8-11-15-13(3)14-10-7-6-9-12(14)2/h6-7,9-10,13,15H,8,11H2,1-3H3. The van der Waals surface area contributed by atoms with Crippen molar-refractivity contribution in [2.24, 2.45) is 0 Å². The van der Waals surface area contributed by atoms with E-state index in [4.69, 9.17) is 0 Å². The first kappa shape index (κ1) is 11.8.